The minimum atomic E-state index is -0.559. The number of carbonyl (C=O) groups excluding carboxylic acids is 2. The van der Waals surface area contributed by atoms with Gasteiger partial charge in [0, 0.05) is 38.4 Å². The number of piperazine rings is 1. The first kappa shape index (κ1) is 19.7. The number of nitrogens with zero attached hydrogens (tertiary/aromatic N) is 2. The summed E-state index contributed by atoms with van der Waals surface area (Å²) in [6, 6.07) is 13.7. The molecule has 0 aromatic heterocycles. The van der Waals surface area contributed by atoms with E-state index in [0.717, 1.165) is 24.4 Å². The number of anilines is 1. The third kappa shape index (κ3) is 4.44. The molecule has 1 saturated heterocycles. The first-order valence-electron chi connectivity index (χ1n) is 9.51. The molecule has 0 spiro atoms. The van der Waals surface area contributed by atoms with Crippen LogP contribution in [-0.4, -0.2) is 50.0 Å². The van der Waals surface area contributed by atoms with Crippen molar-refractivity contribution < 1.29 is 14.3 Å². The fourth-order valence-corrected chi connectivity index (χ4v) is 3.37. The van der Waals surface area contributed by atoms with Crippen molar-refractivity contribution in [3.8, 4) is 5.75 Å². The average molecular weight is 381 g/mol. The standard InChI is InChI=1S/C22H27N3O3/c1-16-5-4-6-20(17(16)2)24-11-13-25(14-12-24)22(27)21(26)23-15-18-7-9-19(28-3)10-8-18/h4-10H,11-15H2,1-3H3,(H,23,26). The molecule has 1 aliphatic rings. The summed E-state index contributed by atoms with van der Waals surface area (Å²) in [5, 5.41) is 2.71. The van der Waals surface area contributed by atoms with Crippen LogP contribution >= 0.6 is 0 Å². The van der Waals surface area contributed by atoms with Gasteiger partial charge >= 0.3 is 11.8 Å². The van der Waals surface area contributed by atoms with Crippen molar-refractivity contribution in [2.75, 3.05) is 38.2 Å². The quantitative estimate of drug-likeness (QED) is 0.826. The normalized spacial score (nSPS) is 14.0. The Balaban J connectivity index is 1.51. The predicted octanol–water partition coefficient (Wildman–Crippen LogP) is 2.28. The van der Waals surface area contributed by atoms with E-state index < -0.39 is 11.8 Å². The monoisotopic (exact) mass is 381 g/mol. The maximum absolute atomic E-state index is 12.5. The van der Waals surface area contributed by atoms with Crippen LogP contribution in [0.15, 0.2) is 42.5 Å². The van der Waals surface area contributed by atoms with Crippen molar-refractivity contribution in [3.63, 3.8) is 0 Å². The van der Waals surface area contributed by atoms with Crippen LogP contribution in [-0.2, 0) is 16.1 Å². The zero-order chi connectivity index (χ0) is 20.1. The minimum Gasteiger partial charge on any atom is -0.497 e. The van der Waals surface area contributed by atoms with Gasteiger partial charge in [-0.1, -0.05) is 24.3 Å². The van der Waals surface area contributed by atoms with Gasteiger partial charge in [-0.2, -0.15) is 0 Å². The summed E-state index contributed by atoms with van der Waals surface area (Å²) < 4.78 is 5.11. The van der Waals surface area contributed by atoms with Gasteiger partial charge in [-0.05, 0) is 48.7 Å². The smallest absolute Gasteiger partial charge is 0.312 e. The maximum Gasteiger partial charge on any atom is 0.312 e. The number of methoxy groups -OCH3 is 1. The van der Waals surface area contributed by atoms with Crippen molar-refractivity contribution in [1.29, 1.82) is 0 Å². The number of hydrogen-bond donors (Lipinski definition) is 1. The molecule has 148 valence electrons. The highest BCUT2D eigenvalue weighted by atomic mass is 16.5. The highest BCUT2D eigenvalue weighted by Crippen LogP contribution is 2.23. The van der Waals surface area contributed by atoms with Gasteiger partial charge in [-0.25, -0.2) is 0 Å². The van der Waals surface area contributed by atoms with E-state index in [1.165, 1.54) is 16.8 Å². The molecule has 28 heavy (non-hydrogen) atoms. The van der Waals surface area contributed by atoms with Crippen LogP contribution in [0.1, 0.15) is 16.7 Å². The molecule has 0 atom stereocenters. The van der Waals surface area contributed by atoms with Gasteiger partial charge in [-0.3, -0.25) is 9.59 Å². The second kappa shape index (κ2) is 8.78. The van der Waals surface area contributed by atoms with Gasteiger partial charge in [0.2, 0.25) is 0 Å². The van der Waals surface area contributed by atoms with Crippen molar-refractivity contribution in [2.24, 2.45) is 0 Å². The Morgan fingerprint density at radius 2 is 1.68 bits per heavy atom. The molecule has 0 bridgehead atoms. The molecule has 1 fully saturated rings. The largest absolute Gasteiger partial charge is 0.497 e. The molecule has 1 heterocycles. The Morgan fingerprint density at radius 1 is 1.00 bits per heavy atom. The number of carbonyl (C=O) groups is 2. The molecule has 6 heteroatoms. The summed E-state index contributed by atoms with van der Waals surface area (Å²) in [5.41, 5.74) is 4.64. The molecule has 2 aromatic carbocycles. The number of ether oxygens (including phenoxy) is 1. The molecule has 0 unspecified atom stereocenters. The highest BCUT2D eigenvalue weighted by molar-refractivity contribution is 6.35. The predicted molar refractivity (Wildman–Crippen MR) is 110 cm³/mol. The van der Waals surface area contributed by atoms with E-state index in [1.54, 1.807) is 12.0 Å². The number of benzene rings is 2. The van der Waals surface area contributed by atoms with E-state index in [9.17, 15) is 9.59 Å². The molecule has 2 aromatic rings. The van der Waals surface area contributed by atoms with Gasteiger partial charge in [0.25, 0.3) is 0 Å². The van der Waals surface area contributed by atoms with E-state index in [4.69, 9.17) is 4.74 Å². The zero-order valence-corrected chi connectivity index (χ0v) is 16.7. The summed E-state index contributed by atoms with van der Waals surface area (Å²) in [6.07, 6.45) is 0. The van der Waals surface area contributed by atoms with E-state index >= 15 is 0 Å². The molecule has 1 N–H and O–H groups in total. The summed E-state index contributed by atoms with van der Waals surface area (Å²) in [4.78, 5) is 28.6. The van der Waals surface area contributed by atoms with Crippen molar-refractivity contribution >= 4 is 17.5 Å². The summed E-state index contributed by atoms with van der Waals surface area (Å²) in [5.74, 6) is -0.266. The lowest BCUT2D eigenvalue weighted by molar-refractivity contribution is -0.146. The second-order valence-electron chi connectivity index (χ2n) is 7.03. The minimum absolute atomic E-state index is 0.316. The molecular weight excluding hydrogens is 354 g/mol. The second-order valence-corrected chi connectivity index (χ2v) is 7.03. The number of nitrogens with one attached hydrogen (secondary N) is 1. The van der Waals surface area contributed by atoms with Crippen LogP contribution in [0.25, 0.3) is 0 Å². The van der Waals surface area contributed by atoms with Gasteiger partial charge in [0.1, 0.15) is 5.75 Å². The fraction of sp³-hybridized carbons (Fsp3) is 0.364. The Hall–Kier alpha value is -3.02. The lowest BCUT2D eigenvalue weighted by atomic mass is 10.1. The van der Waals surface area contributed by atoms with Crippen LogP contribution in [0.2, 0.25) is 0 Å². The Labute approximate surface area is 166 Å². The summed E-state index contributed by atoms with van der Waals surface area (Å²) >= 11 is 0. The van der Waals surface area contributed by atoms with Crippen molar-refractivity contribution in [3.05, 3.63) is 59.2 Å². The zero-order valence-electron chi connectivity index (χ0n) is 16.7. The Bertz CT molecular complexity index is 841. The van der Waals surface area contributed by atoms with Gasteiger partial charge in [-0.15, -0.1) is 0 Å². The topological polar surface area (TPSA) is 61.9 Å². The number of amides is 2. The molecule has 0 radical (unpaired) electrons. The van der Waals surface area contributed by atoms with E-state index in [2.05, 4.69) is 42.3 Å². The maximum atomic E-state index is 12.5. The SMILES string of the molecule is COc1ccc(CNC(=O)C(=O)N2CCN(c3cccc(C)c3C)CC2)cc1. The summed E-state index contributed by atoms with van der Waals surface area (Å²) in [7, 11) is 1.61. The number of aryl methyl sites for hydroxylation is 1. The lowest BCUT2D eigenvalue weighted by Gasteiger charge is -2.36. The number of hydrogen-bond acceptors (Lipinski definition) is 4. The molecule has 3 rings (SSSR count). The third-order valence-corrected chi connectivity index (χ3v) is 5.29. The van der Waals surface area contributed by atoms with Crippen molar-refractivity contribution in [2.45, 2.75) is 20.4 Å². The number of rotatable bonds is 4. The van der Waals surface area contributed by atoms with Crippen molar-refractivity contribution in [1.82, 2.24) is 10.2 Å². The van der Waals surface area contributed by atoms with Gasteiger partial charge in [0.15, 0.2) is 0 Å². The molecule has 0 saturated carbocycles. The van der Waals surface area contributed by atoms with Crippen LogP contribution < -0.4 is 15.0 Å². The average Bonchev–Trinajstić information content (AvgIpc) is 2.74. The van der Waals surface area contributed by atoms with Crippen LogP contribution in [0.5, 0.6) is 5.75 Å². The highest BCUT2D eigenvalue weighted by Gasteiger charge is 2.26. The van der Waals surface area contributed by atoms with Crippen LogP contribution in [0, 0.1) is 13.8 Å². The first-order valence-corrected chi connectivity index (χ1v) is 9.51. The molecule has 2 amide bonds. The van der Waals surface area contributed by atoms with E-state index in [0.29, 0.717) is 19.6 Å². The van der Waals surface area contributed by atoms with E-state index in [-0.39, 0.29) is 0 Å². The fourth-order valence-electron chi connectivity index (χ4n) is 3.37. The molecule has 1 aliphatic heterocycles. The summed E-state index contributed by atoms with van der Waals surface area (Å²) in [6.45, 7) is 7.07. The third-order valence-electron chi connectivity index (χ3n) is 5.29. The first-order chi connectivity index (χ1) is 13.5. The van der Waals surface area contributed by atoms with Crippen LogP contribution in [0.3, 0.4) is 0 Å². The lowest BCUT2D eigenvalue weighted by Crippen LogP contribution is -2.52. The Morgan fingerprint density at radius 3 is 2.32 bits per heavy atom. The van der Waals surface area contributed by atoms with Gasteiger partial charge in [0.05, 0.1) is 7.11 Å². The molecule has 6 nitrogen and oxygen atoms in total. The van der Waals surface area contributed by atoms with Gasteiger partial charge < -0.3 is 19.9 Å². The van der Waals surface area contributed by atoms with Crippen LogP contribution in [0.4, 0.5) is 5.69 Å². The molecule has 0 aliphatic carbocycles. The Kier molecular flexibility index (Phi) is 6.19. The van der Waals surface area contributed by atoms with E-state index in [1.807, 2.05) is 24.3 Å². The molecular formula is C22H27N3O3.